The number of halogens is 3. The Morgan fingerprint density at radius 2 is 2.22 bits per heavy atom. The maximum Gasteiger partial charge on any atom is 0.425 e. The average molecular weight is 330 g/mol. The van der Waals surface area contributed by atoms with Crippen molar-refractivity contribution >= 4 is 5.91 Å². The predicted molar refractivity (Wildman–Crippen MR) is 71.3 cm³/mol. The van der Waals surface area contributed by atoms with Crippen LogP contribution in [-0.4, -0.2) is 40.5 Å². The van der Waals surface area contributed by atoms with E-state index in [-0.39, 0.29) is 23.6 Å². The molecule has 1 amide bonds. The molecule has 4 N–H and O–H groups in total. The number of amides is 1. The van der Waals surface area contributed by atoms with Crippen LogP contribution in [0.1, 0.15) is 23.9 Å². The van der Waals surface area contributed by atoms with Gasteiger partial charge in [0.1, 0.15) is 12.0 Å². The van der Waals surface area contributed by atoms with Crippen LogP contribution in [0.5, 0.6) is 5.75 Å². The van der Waals surface area contributed by atoms with Crippen LogP contribution < -0.4 is 10.5 Å². The molecule has 0 saturated carbocycles. The summed E-state index contributed by atoms with van der Waals surface area (Å²) in [6.07, 6.45) is 0.00530. The van der Waals surface area contributed by atoms with Gasteiger partial charge in [-0.15, -0.1) is 6.42 Å². The van der Waals surface area contributed by atoms with Crippen LogP contribution in [-0.2, 0) is 15.8 Å². The lowest BCUT2D eigenvalue weighted by molar-refractivity contribution is -0.279. The summed E-state index contributed by atoms with van der Waals surface area (Å²) < 4.78 is 44.6. The number of aliphatic hydroxyl groups is 2. The predicted octanol–water partition coefficient (Wildman–Crippen LogP) is -0.0595. The van der Waals surface area contributed by atoms with E-state index in [0.29, 0.717) is 0 Å². The van der Waals surface area contributed by atoms with Crippen molar-refractivity contribution in [1.82, 2.24) is 4.98 Å². The third-order valence-electron chi connectivity index (χ3n) is 3.87. The minimum absolute atomic E-state index is 0.0147. The average Bonchev–Trinajstić information content (AvgIpc) is 2.83. The zero-order chi connectivity index (χ0) is 17.6. The summed E-state index contributed by atoms with van der Waals surface area (Å²) in [5.41, 5.74) is -1.04. The highest BCUT2D eigenvalue weighted by Crippen LogP contribution is 2.44. The Morgan fingerprint density at radius 1 is 1.61 bits per heavy atom. The maximum atomic E-state index is 13.1. The molecule has 2 rings (SSSR count). The first-order valence-corrected chi connectivity index (χ1v) is 6.36. The number of nitrogens with two attached hydrogens (primary N) is 1. The van der Waals surface area contributed by atoms with Crippen LogP contribution in [0.25, 0.3) is 0 Å². The Labute approximate surface area is 129 Å². The Bertz CT molecular complexity index is 713. The molecule has 0 aliphatic carbocycles. The number of hydrogen-bond donors (Lipinski definition) is 3. The van der Waals surface area contributed by atoms with Gasteiger partial charge in [0.2, 0.25) is 11.5 Å². The molecule has 0 spiro atoms. The van der Waals surface area contributed by atoms with E-state index in [0.717, 1.165) is 6.07 Å². The number of primary amides is 1. The van der Waals surface area contributed by atoms with Crippen molar-refractivity contribution in [2.24, 2.45) is 5.73 Å². The van der Waals surface area contributed by atoms with Gasteiger partial charge in [0, 0.05) is 5.56 Å². The molecule has 0 saturated heterocycles. The second-order valence-corrected chi connectivity index (χ2v) is 5.38. The van der Waals surface area contributed by atoms with E-state index in [1.807, 2.05) is 5.92 Å². The van der Waals surface area contributed by atoms with Crippen molar-refractivity contribution in [2.75, 3.05) is 13.2 Å². The molecular weight excluding hydrogens is 317 g/mol. The summed E-state index contributed by atoms with van der Waals surface area (Å²) in [6, 6.07) is 0.831. The summed E-state index contributed by atoms with van der Waals surface area (Å²) in [7, 11) is 0. The van der Waals surface area contributed by atoms with Gasteiger partial charge in [0.15, 0.2) is 11.4 Å². The molecule has 1 aromatic heterocycles. The molecule has 1 aliphatic heterocycles. The number of ether oxygens (including phenoxy) is 1. The van der Waals surface area contributed by atoms with Gasteiger partial charge in [0.25, 0.3) is 0 Å². The van der Waals surface area contributed by atoms with Crippen LogP contribution in [0, 0.1) is 12.3 Å². The van der Waals surface area contributed by atoms with Gasteiger partial charge in [0.05, 0.1) is 12.3 Å². The number of aromatic nitrogens is 1. The number of alkyl halides is 3. The highest BCUT2D eigenvalue weighted by molar-refractivity contribution is 5.88. The summed E-state index contributed by atoms with van der Waals surface area (Å²) >= 11 is 0. The molecule has 6 nitrogen and oxygen atoms in total. The van der Waals surface area contributed by atoms with Gasteiger partial charge in [-0.2, -0.15) is 13.2 Å². The molecule has 0 fully saturated rings. The zero-order valence-electron chi connectivity index (χ0n) is 11.9. The number of terminal acetylenes is 1. The fourth-order valence-corrected chi connectivity index (χ4v) is 2.21. The molecule has 0 bridgehead atoms. The normalized spacial score (nSPS) is 22.7. The molecule has 23 heavy (non-hydrogen) atoms. The highest BCUT2D eigenvalue weighted by atomic mass is 19.4. The number of carbonyl (C=O) groups excluding carboxylic acids is 1. The van der Waals surface area contributed by atoms with Crippen LogP contribution in [0.4, 0.5) is 13.2 Å². The van der Waals surface area contributed by atoms with Crippen LogP contribution >= 0.6 is 0 Å². The number of carbonyl (C=O) groups is 1. The quantitative estimate of drug-likeness (QED) is 0.674. The molecule has 9 heteroatoms. The number of aliphatic hydroxyl groups excluding tert-OH is 1. The van der Waals surface area contributed by atoms with E-state index in [4.69, 9.17) is 22.0 Å². The third-order valence-corrected chi connectivity index (χ3v) is 3.87. The van der Waals surface area contributed by atoms with Gasteiger partial charge in [-0.1, -0.05) is 0 Å². The van der Waals surface area contributed by atoms with Gasteiger partial charge >= 0.3 is 6.18 Å². The van der Waals surface area contributed by atoms with Crippen molar-refractivity contribution in [3.8, 4) is 18.1 Å². The van der Waals surface area contributed by atoms with E-state index in [2.05, 4.69) is 4.98 Å². The van der Waals surface area contributed by atoms with E-state index in [1.165, 1.54) is 6.92 Å². The topological polar surface area (TPSA) is 106 Å². The molecule has 0 unspecified atom stereocenters. The van der Waals surface area contributed by atoms with Crippen molar-refractivity contribution in [2.45, 2.75) is 24.1 Å². The fourth-order valence-electron chi connectivity index (χ4n) is 2.21. The summed E-state index contributed by atoms with van der Waals surface area (Å²) in [5, 5.41) is 18.9. The number of pyridine rings is 1. The molecular formula is C14H13F3N2O4. The van der Waals surface area contributed by atoms with E-state index >= 15 is 0 Å². The lowest BCUT2D eigenvalue weighted by Crippen LogP contribution is -2.46. The maximum absolute atomic E-state index is 13.1. The smallest absolute Gasteiger partial charge is 0.425 e. The van der Waals surface area contributed by atoms with Gasteiger partial charge in [-0.25, -0.2) is 4.98 Å². The Morgan fingerprint density at radius 3 is 2.65 bits per heavy atom. The van der Waals surface area contributed by atoms with Crippen LogP contribution in [0.3, 0.4) is 0 Å². The second-order valence-electron chi connectivity index (χ2n) is 5.38. The molecule has 1 aliphatic rings. The number of hydrogen-bond acceptors (Lipinski definition) is 5. The lowest BCUT2D eigenvalue weighted by atomic mass is 9.82. The zero-order valence-corrected chi connectivity index (χ0v) is 11.9. The van der Waals surface area contributed by atoms with Crippen molar-refractivity contribution in [1.29, 1.82) is 0 Å². The molecule has 1 aromatic rings. The second kappa shape index (κ2) is 5.11. The molecule has 0 aromatic carbocycles. The van der Waals surface area contributed by atoms with E-state index < -0.39 is 35.4 Å². The Hall–Kier alpha value is -2.31. The number of rotatable bonds is 3. The van der Waals surface area contributed by atoms with Crippen molar-refractivity contribution in [3.05, 3.63) is 23.0 Å². The SMILES string of the molecule is C#Cc1nc([C@@](O)(CO)C(F)(F)F)cc2c1OC[C@]2(C)C(N)=O. The largest absolute Gasteiger partial charge is 0.489 e. The summed E-state index contributed by atoms with van der Waals surface area (Å²) in [5.74, 6) is 1.16. The van der Waals surface area contributed by atoms with E-state index in [1.54, 1.807) is 0 Å². The standard InChI is InChI=1S/C14H13F3N2O4/c1-3-8-10-7(12(2,6-23-10)11(18)21)4-9(19-8)13(22,5-20)14(15,16)17/h1,4,20,22H,5-6H2,2H3,(H2,18,21)/t12-,13-/m0/s1. The number of fused-ring (bicyclic) bond motifs is 1. The van der Waals surface area contributed by atoms with Gasteiger partial charge in [-0.3, -0.25) is 4.79 Å². The monoisotopic (exact) mass is 330 g/mol. The Kier molecular flexibility index (Phi) is 3.79. The molecule has 124 valence electrons. The minimum atomic E-state index is -5.21. The first-order chi connectivity index (χ1) is 10.5. The van der Waals surface area contributed by atoms with Gasteiger partial charge < -0.3 is 20.7 Å². The third kappa shape index (κ3) is 2.31. The van der Waals surface area contributed by atoms with Gasteiger partial charge in [-0.05, 0) is 18.9 Å². The summed E-state index contributed by atoms with van der Waals surface area (Å²) in [4.78, 5) is 15.2. The highest BCUT2D eigenvalue weighted by Gasteiger charge is 2.57. The fraction of sp³-hybridized carbons (Fsp3) is 0.429. The lowest BCUT2D eigenvalue weighted by Gasteiger charge is -2.29. The first-order valence-electron chi connectivity index (χ1n) is 6.36. The molecule has 2 atom stereocenters. The summed E-state index contributed by atoms with van der Waals surface area (Å²) in [6.45, 7) is -0.516. The minimum Gasteiger partial charge on any atom is -0.489 e. The van der Waals surface area contributed by atoms with Crippen molar-refractivity contribution < 1.29 is 32.9 Å². The first kappa shape index (κ1) is 17.1. The molecule has 0 radical (unpaired) electrons. The van der Waals surface area contributed by atoms with Crippen LogP contribution in [0.2, 0.25) is 0 Å². The van der Waals surface area contributed by atoms with E-state index in [9.17, 15) is 23.1 Å². The Balaban J connectivity index is 2.77. The molecule has 2 heterocycles. The number of nitrogens with zero attached hydrogens (tertiary/aromatic N) is 1. The van der Waals surface area contributed by atoms with Crippen LogP contribution in [0.15, 0.2) is 6.07 Å². The van der Waals surface area contributed by atoms with Crippen molar-refractivity contribution in [3.63, 3.8) is 0 Å².